The first-order valence-corrected chi connectivity index (χ1v) is 4.60. The van der Waals surface area contributed by atoms with Crippen LogP contribution in [0.5, 0.6) is 0 Å². The number of hydrazine groups is 1. The Morgan fingerprint density at radius 1 is 1.25 bits per heavy atom. The van der Waals surface area contributed by atoms with Gasteiger partial charge in [-0.2, -0.15) is 0 Å². The molecule has 6 nitrogen and oxygen atoms in total. The van der Waals surface area contributed by atoms with Gasteiger partial charge >= 0.3 is 0 Å². The molecule has 1 aromatic rings. The van der Waals surface area contributed by atoms with Gasteiger partial charge in [-0.1, -0.05) is 12.1 Å². The van der Waals surface area contributed by atoms with Crippen LogP contribution in [0.15, 0.2) is 36.0 Å². The average molecular weight is 218 g/mol. The molecule has 1 aromatic carbocycles. The zero-order chi connectivity index (χ0) is 11.5. The van der Waals surface area contributed by atoms with Gasteiger partial charge in [0.25, 0.3) is 11.8 Å². The van der Waals surface area contributed by atoms with Gasteiger partial charge in [0.2, 0.25) is 0 Å². The number of anilines is 2. The summed E-state index contributed by atoms with van der Waals surface area (Å²) in [5.41, 5.74) is 3.49. The zero-order valence-corrected chi connectivity index (χ0v) is 8.28. The van der Waals surface area contributed by atoms with Crippen molar-refractivity contribution in [1.29, 1.82) is 0 Å². The Hall–Kier alpha value is -2.34. The van der Waals surface area contributed by atoms with Crippen LogP contribution in [0.1, 0.15) is 0 Å². The molecular formula is C10H10N4O2. The van der Waals surface area contributed by atoms with E-state index in [0.29, 0.717) is 5.69 Å². The molecule has 0 atom stereocenters. The lowest BCUT2D eigenvalue weighted by Gasteiger charge is -2.20. The lowest BCUT2D eigenvalue weighted by atomic mass is 10.2. The summed E-state index contributed by atoms with van der Waals surface area (Å²) in [6.45, 7) is 0. The van der Waals surface area contributed by atoms with Crippen LogP contribution in [0.2, 0.25) is 0 Å². The van der Waals surface area contributed by atoms with Crippen LogP contribution in [0, 0.1) is 0 Å². The number of benzene rings is 1. The fourth-order valence-corrected chi connectivity index (χ4v) is 1.37. The molecular weight excluding hydrogens is 208 g/mol. The van der Waals surface area contributed by atoms with Gasteiger partial charge in [0, 0.05) is 6.08 Å². The molecule has 0 saturated heterocycles. The number of carbonyl (C=O) groups excluding carboxylic acids is 2. The van der Waals surface area contributed by atoms with E-state index in [1.807, 2.05) is 17.6 Å². The normalized spacial score (nSPS) is 16.1. The number of carbonyl (C=O) groups is 2. The topological polar surface area (TPSA) is 96.2 Å². The Morgan fingerprint density at radius 2 is 1.88 bits per heavy atom. The van der Waals surface area contributed by atoms with E-state index in [1.54, 1.807) is 12.1 Å². The molecule has 0 aliphatic carbocycles. The average Bonchev–Trinajstić information content (AvgIpc) is 2.30. The fraction of sp³-hybridized carbons (Fsp3) is 0. The van der Waals surface area contributed by atoms with Gasteiger partial charge in [-0.15, -0.1) is 0 Å². The highest BCUT2D eigenvalue weighted by Gasteiger charge is 2.19. The molecule has 82 valence electrons. The summed E-state index contributed by atoms with van der Waals surface area (Å²) < 4.78 is 0. The van der Waals surface area contributed by atoms with Crippen LogP contribution in [0.4, 0.5) is 11.4 Å². The van der Waals surface area contributed by atoms with E-state index in [9.17, 15) is 9.59 Å². The number of nitrogens with one attached hydrogen (secondary N) is 3. The number of fused-ring (bicyclic) bond motifs is 1. The van der Waals surface area contributed by atoms with E-state index >= 15 is 0 Å². The molecule has 1 heterocycles. The fourth-order valence-electron chi connectivity index (χ4n) is 1.37. The van der Waals surface area contributed by atoms with Gasteiger partial charge in [0.05, 0.1) is 11.4 Å². The Kier molecular flexibility index (Phi) is 2.57. The molecule has 0 aromatic heterocycles. The van der Waals surface area contributed by atoms with Crippen LogP contribution in [0.25, 0.3) is 0 Å². The van der Waals surface area contributed by atoms with Crippen molar-refractivity contribution in [3.63, 3.8) is 0 Å². The maximum atomic E-state index is 11.5. The first kappa shape index (κ1) is 10.2. The summed E-state index contributed by atoms with van der Waals surface area (Å²) in [7, 11) is 0. The standard InChI is InChI=1S/C10H10N4O2/c11-14-9(15)5-8-10(16)13-7-4-2-1-3-6(7)12-8/h1-5,12H,11H2,(H,13,16)(H,14,15)/b8-5+. The second-order valence-corrected chi connectivity index (χ2v) is 3.19. The molecule has 0 unspecified atom stereocenters. The molecule has 0 saturated carbocycles. The Balaban J connectivity index is 2.31. The minimum Gasteiger partial charge on any atom is -0.349 e. The summed E-state index contributed by atoms with van der Waals surface area (Å²) in [5, 5.41) is 5.49. The lowest BCUT2D eigenvalue weighted by molar-refractivity contribution is -0.117. The Labute approximate surface area is 91.5 Å². The van der Waals surface area contributed by atoms with Crippen molar-refractivity contribution in [3.05, 3.63) is 36.0 Å². The lowest BCUT2D eigenvalue weighted by Crippen LogP contribution is -2.32. The predicted octanol–water partition coefficient (Wildman–Crippen LogP) is -0.0756. The molecule has 1 aliphatic heterocycles. The van der Waals surface area contributed by atoms with Crippen LogP contribution in [-0.4, -0.2) is 11.8 Å². The van der Waals surface area contributed by atoms with Gasteiger partial charge in [-0.3, -0.25) is 15.0 Å². The molecule has 2 amide bonds. The highest BCUT2D eigenvalue weighted by Crippen LogP contribution is 2.26. The molecule has 16 heavy (non-hydrogen) atoms. The Morgan fingerprint density at radius 3 is 2.50 bits per heavy atom. The van der Waals surface area contributed by atoms with E-state index in [4.69, 9.17) is 5.84 Å². The van der Waals surface area contributed by atoms with Crippen molar-refractivity contribution in [2.75, 3.05) is 10.6 Å². The number of hydrogen-bond donors (Lipinski definition) is 4. The highest BCUT2D eigenvalue weighted by molar-refractivity contribution is 6.13. The van der Waals surface area contributed by atoms with Crippen molar-refractivity contribution in [1.82, 2.24) is 5.43 Å². The third-order valence-corrected chi connectivity index (χ3v) is 2.11. The van der Waals surface area contributed by atoms with E-state index in [-0.39, 0.29) is 11.6 Å². The highest BCUT2D eigenvalue weighted by atomic mass is 16.2. The summed E-state index contributed by atoms with van der Waals surface area (Å²) in [6, 6.07) is 7.19. The third kappa shape index (κ3) is 1.86. The third-order valence-electron chi connectivity index (χ3n) is 2.11. The smallest absolute Gasteiger partial charge is 0.272 e. The second kappa shape index (κ2) is 4.03. The molecule has 1 aliphatic rings. The van der Waals surface area contributed by atoms with E-state index in [1.165, 1.54) is 0 Å². The molecule has 5 N–H and O–H groups in total. The minimum absolute atomic E-state index is 0.154. The summed E-state index contributed by atoms with van der Waals surface area (Å²) in [6.07, 6.45) is 1.10. The molecule has 0 fully saturated rings. The Bertz CT molecular complexity index is 481. The number of hydrogen-bond acceptors (Lipinski definition) is 4. The number of rotatable bonds is 1. The van der Waals surface area contributed by atoms with Gasteiger partial charge in [0.15, 0.2) is 0 Å². The van der Waals surface area contributed by atoms with Crippen LogP contribution >= 0.6 is 0 Å². The molecule has 6 heteroatoms. The minimum atomic E-state index is -0.544. The van der Waals surface area contributed by atoms with E-state index < -0.39 is 5.91 Å². The summed E-state index contributed by atoms with van der Waals surface area (Å²) in [5.74, 6) is 4.01. The number of para-hydroxylation sites is 2. The van der Waals surface area contributed by atoms with Gasteiger partial charge < -0.3 is 10.6 Å². The monoisotopic (exact) mass is 218 g/mol. The predicted molar refractivity (Wildman–Crippen MR) is 59.1 cm³/mol. The van der Waals surface area contributed by atoms with E-state index in [2.05, 4.69) is 10.6 Å². The molecule has 0 radical (unpaired) electrons. The SMILES string of the molecule is NNC(=O)/C=C1/Nc2ccccc2NC1=O. The quantitative estimate of drug-likeness (QED) is 0.229. The summed E-state index contributed by atoms with van der Waals surface area (Å²) in [4.78, 5) is 22.6. The first-order chi connectivity index (χ1) is 7.70. The number of nitrogens with two attached hydrogens (primary N) is 1. The van der Waals surface area contributed by atoms with Crippen molar-refractivity contribution in [2.45, 2.75) is 0 Å². The van der Waals surface area contributed by atoms with Crippen LogP contribution in [0.3, 0.4) is 0 Å². The number of amides is 2. The molecule has 2 rings (SSSR count). The maximum absolute atomic E-state index is 11.5. The van der Waals surface area contributed by atoms with Crippen molar-refractivity contribution >= 4 is 23.2 Å². The molecule has 0 spiro atoms. The van der Waals surface area contributed by atoms with Gasteiger partial charge in [-0.05, 0) is 12.1 Å². The van der Waals surface area contributed by atoms with Crippen LogP contribution in [-0.2, 0) is 9.59 Å². The van der Waals surface area contributed by atoms with Crippen molar-refractivity contribution in [2.24, 2.45) is 5.84 Å². The maximum Gasteiger partial charge on any atom is 0.272 e. The van der Waals surface area contributed by atoms with Crippen molar-refractivity contribution in [3.8, 4) is 0 Å². The summed E-state index contributed by atoms with van der Waals surface area (Å²) >= 11 is 0. The van der Waals surface area contributed by atoms with Gasteiger partial charge in [-0.25, -0.2) is 5.84 Å². The van der Waals surface area contributed by atoms with Crippen LogP contribution < -0.4 is 21.9 Å². The van der Waals surface area contributed by atoms with Gasteiger partial charge in [0.1, 0.15) is 5.70 Å². The van der Waals surface area contributed by atoms with Crippen molar-refractivity contribution < 1.29 is 9.59 Å². The first-order valence-electron chi connectivity index (χ1n) is 4.60. The second-order valence-electron chi connectivity index (χ2n) is 3.19. The largest absolute Gasteiger partial charge is 0.349 e. The zero-order valence-electron chi connectivity index (χ0n) is 8.28. The van der Waals surface area contributed by atoms with E-state index in [0.717, 1.165) is 11.8 Å². The molecule has 0 bridgehead atoms.